The average Bonchev–Trinajstić information content (AvgIpc) is 2.32. The molecule has 0 radical (unpaired) electrons. The molecule has 3 nitrogen and oxygen atoms in total. The third kappa shape index (κ3) is 2.96. The lowest BCUT2D eigenvalue weighted by molar-refractivity contribution is 0.601. The Morgan fingerprint density at radius 3 is 2.11 bits per heavy atom. The molecule has 0 heterocycles. The minimum atomic E-state index is -3.68. The molecule has 1 N–H and O–H groups in total. The highest BCUT2D eigenvalue weighted by atomic mass is 35.5. The van der Waals surface area contributed by atoms with Crippen LogP contribution in [-0.2, 0) is 10.0 Å². The molecule has 0 amide bonds. The zero-order valence-electron chi connectivity index (χ0n) is 9.10. The molecule has 0 bridgehead atoms. The van der Waals surface area contributed by atoms with Gasteiger partial charge in [-0.3, -0.25) is 4.72 Å². The van der Waals surface area contributed by atoms with Gasteiger partial charge in [-0.05, 0) is 36.4 Å². The van der Waals surface area contributed by atoms with Crippen LogP contribution in [0.25, 0.3) is 0 Å². The Bertz CT molecular complexity index is 654. The summed E-state index contributed by atoms with van der Waals surface area (Å²) in [5, 5.41) is 0.717. The van der Waals surface area contributed by atoms with Crippen molar-refractivity contribution in [3.05, 3.63) is 58.6 Å². The Morgan fingerprint density at radius 1 is 0.889 bits per heavy atom. The van der Waals surface area contributed by atoms with Crippen LogP contribution in [0.4, 0.5) is 5.69 Å². The van der Waals surface area contributed by atoms with Gasteiger partial charge in [0.05, 0.1) is 5.02 Å². The molecule has 0 unspecified atom stereocenters. The maximum atomic E-state index is 12.1. The molecule has 0 spiro atoms. The number of hydrogen-bond donors (Lipinski definition) is 1. The Kier molecular flexibility index (Phi) is 3.80. The lowest BCUT2D eigenvalue weighted by Crippen LogP contribution is -2.13. The zero-order chi connectivity index (χ0) is 13.2. The lowest BCUT2D eigenvalue weighted by atomic mass is 10.3. The van der Waals surface area contributed by atoms with E-state index in [1.807, 2.05) is 0 Å². The fourth-order valence-corrected chi connectivity index (χ4v) is 3.10. The minimum absolute atomic E-state index is 0.0432. The molecular weight excluding hydrogens is 293 g/mol. The van der Waals surface area contributed by atoms with Gasteiger partial charge >= 0.3 is 0 Å². The maximum Gasteiger partial charge on any atom is 0.263 e. The topological polar surface area (TPSA) is 46.2 Å². The van der Waals surface area contributed by atoms with E-state index >= 15 is 0 Å². The first-order chi connectivity index (χ1) is 8.49. The molecule has 0 aromatic heterocycles. The molecule has 0 aliphatic carbocycles. The standard InChI is InChI=1S/C12H9Cl2NO2S/c13-9-5-7-10(8-6-9)15-18(16,17)12-4-2-1-3-11(12)14/h1-8,15H. The molecule has 0 aliphatic heterocycles. The van der Waals surface area contributed by atoms with Gasteiger partial charge in [0.25, 0.3) is 10.0 Å². The first kappa shape index (κ1) is 13.2. The van der Waals surface area contributed by atoms with E-state index in [0.717, 1.165) is 0 Å². The molecule has 2 aromatic carbocycles. The monoisotopic (exact) mass is 301 g/mol. The van der Waals surface area contributed by atoms with Gasteiger partial charge in [-0.15, -0.1) is 0 Å². The van der Waals surface area contributed by atoms with E-state index in [1.165, 1.54) is 12.1 Å². The quantitative estimate of drug-likeness (QED) is 0.937. The van der Waals surface area contributed by atoms with E-state index in [9.17, 15) is 8.42 Å². The van der Waals surface area contributed by atoms with Gasteiger partial charge in [-0.25, -0.2) is 8.42 Å². The Morgan fingerprint density at radius 2 is 1.50 bits per heavy atom. The predicted molar refractivity (Wildman–Crippen MR) is 73.7 cm³/mol. The molecule has 2 aromatic rings. The summed E-state index contributed by atoms with van der Waals surface area (Å²) >= 11 is 11.6. The second kappa shape index (κ2) is 5.18. The van der Waals surface area contributed by atoms with Crippen LogP contribution in [-0.4, -0.2) is 8.42 Å². The van der Waals surface area contributed by atoms with Crippen molar-refractivity contribution < 1.29 is 8.42 Å². The molecule has 0 aliphatic rings. The Hall–Kier alpha value is -1.23. The Balaban J connectivity index is 2.33. The van der Waals surface area contributed by atoms with Crippen molar-refractivity contribution in [1.82, 2.24) is 0 Å². The second-order valence-corrected chi connectivity index (χ2v) is 6.04. The van der Waals surface area contributed by atoms with Gasteiger partial charge in [-0.2, -0.15) is 0 Å². The molecule has 18 heavy (non-hydrogen) atoms. The largest absolute Gasteiger partial charge is 0.280 e. The number of anilines is 1. The summed E-state index contributed by atoms with van der Waals surface area (Å²) < 4.78 is 26.6. The molecule has 0 saturated heterocycles. The highest BCUT2D eigenvalue weighted by Gasteiger charge is 2.17. The summed E-state index contributed by atoms with van der Waals surface area (Å²) in [6.07, 6.45) is 0. The summed E-state index contributed by atoms with van der Waals surface area (Å²) in [5.74, 6) is 0. The van der Waals surface area contributed by atoms with E-state index < -0.39 is 10.0 Å². The molecule has 6 heteroatoms. The van der Waals surface area contributed by atoms with Gasteiger partial charge in [0.2, 0.25) is 0 Å². The van der Waals surface area contributed by atoms with Crippen molar-refractivity contribution in [3.63, 3.8) is 0 Å². The molecule has 2 rings (SSSR count). The molecule has 0 atom stereocenters. The van der Waals surface area contributed by atoms with E-state index in [0.29, 0.717) is 10.7 Å². The number of benzene rings is 2. The fourth-order valence-electron chi connectivity index (χ4n) is 1.39. The van der Waals surface area contributed by atoms with E-state index in [4.69, 9.17) is 23.2 Å². The van der Waals surface area contributed by atoms with Crippen molar-refractivity contribution in [2.75, 3.05) is 4.72 Å². The fraction of sp³-hybridized carbons (Fsp3) is 0. The number of sulfonamides is 1. The zero-order valence-corrected chi connectivity index (χ0v) is 11.4. The van der Waals surface area contributed by atoms with Crippen LogP contribution in [0.1, 0.15) is 0 Å². The van der Waals surface area contributed by atoms with E-state index in [1.54, 1.807) is 36.4 Å². The van der Waals surface area contributed by atoms with Crippen molar-refractivity contribution in [2.24, 2.45) is 0 Å². The highest BCUT2D eigenvalue weighted by molar-refractivity contribution is 7.92. The minimum Gasteiger partial charge on any atom is -0.280 e. The molecule has 0 saturated carbocycles. The summed E-state index contributed by atoms with van der Waals surface area (Å²) in [4.78, 5) is 0.0432. The Labute approximate surface area is 115 Å². The van der Waals surface area contributed by atoms with Crippen LogP contribution in [0.3, 0.4) is 0 Å². The van der Waals surface area contributed by atoms with Gasteiger partial charge in [0, 0.05) is 10.7 Å². The number of nitrogens with one attached hydrogen (secondary N) is 1. The van der Waals surface area contributed by atoms with E-state index in [2.05, 4.69) is 4.72 Å². The highest BCUT2D eigenvalue weighted by Crippen LogP contribution is 2.23. The summed E-state index contributed by atoms with van der Waals surface area (Å²) in [6.45, 7) is 0. The van der Waals surface area contributed by atoms with Gasteiger partial charge < -0.3 is 0 Å². The average molecular weight is 302 g/mol. The molecular formula is C12H9Cl2NO2S. The number of hydrogen-bond acceptors (Lipinski definition) is 2. The second-order valence-electron chi connectivity index (χ2n) is 3.54. The van der Waals surface area contributed by atoms with Crippen LogP contribution in [0, 0.1) is 0 Å². The third-order valence-electron chi connectivity index (χ3n) is 2.22. The van der Waals surface area contributed by atoms with Crippen LogP contribution in [0.15, 0.2) is 53.4 Å². The SMILES string of the molecule is O=S(=O)(Nc1ccc(Cl)cc1)c1ccccc1Cl. The molecule has 94 valence electrons. The van der Waals surface area contributed by atoms with Crippen molar-refractivity contribution in [2.45, 2.75) is 4.90 Å². The van der Waals surface area contributed by atoms with Crippen LogP contribution in [0.2, 0.25) is 10.0 Å². The van der Waals surface area contributed by atoms with Crippen LogP contribution >= 0.6 is 23.2 Å². The van der Waals surface area contributed by atoms with Crippen molar-refractivity contribution >= 4 is 38.9 Å². The molecule has 0 fully saturated rings. The van der Waals surface area contributed by atoms with Crippen LogP contribution in [0.5, 0.6) is 0 Å². The van der Waals surface area contributed by atoms with Gasteiger partial charge in [0.15, 0.2) is 0 Å². The third-order valence-corrected chi connectivity index (χ3v) is 4.36. The van der Waals surface area contributed by atoms with Crippen molar-refractivity contribution in [1.29, 1.82) is 0 Å². The number of halogens is 2. The lowest BCUT2D eigenvalue weighted by Gasteiger charge is -2.09. The maximum absolute atomic E-state index is 12.1. The van der Waals surface area contributed by atoms with E-state index in [-0.39, 0.29) is 9.92 Å². The van der Waals surface area contributed by atoms with Crippen LogP contribution < -0.4 is 4.72 Å². The van der Waals surface area contributed by atoms with Crippen molar-refractivity contribution in [3.8, 4) is 0 Å². The summed E-state index contributed by atoms with van der Waals surface area (Å²) in [6, 6.07) is 12.6. The summed E-state index contributed by atoms with van der Waals surface area (Å²) in [7, 11) is -3.68. The number of rotatable bonds is 3. The first-order valence-electron chi connectivity index (χ1n) is 5.02. The van der Waals surface area contributed by atoms with Gasteiger partial charge in [-0.1, -0.05) is 35.3 Å². The summed E-state index contributed by atoms with van der Waals surface area (Å²) in [5.41, 5.74) is 0.430. The van der Waals surface area contributed by atoms with Gasteiger partial charge in [0.1, 0.15) is 4.90 Å². The smallest absolute Gasteiger partial charge is 0.263 e. The first-order valence-corrected chi connectivity index (χ1v) is 7.26. The normalized spacial score (nSPS) is 11.2. The predicted octanol–water partition coefficient (Wildman–Crippen LogP) is 3.79.